The Kier molecular flexibility index (Phi) is 6.16. The second-order valence-electron chi connectivity index (χ2n) is 11.6. The van der Waals surface area contributed by atoms with Gasteiger partial charge in [0.25, 0.3) is 0 Å². The number of ether oxygens (including phenoxy) is 3. The second-order valence-corrected chi connectivity index (χ2v) is 11.6. The fourth-order valence-corrected chi connectivity index (χ4v) is 7.72. The van der Waals surface area contributed by atoms with Gasteiger partial charge in [0.05, 0.1) is 31.3 Å². The average Bonchev–Trinajstić information content (AvgIpc) is 2.70. The maximum atomic E-state index is 12.7. The van der Waals surface area contributed by atoms with E-state index in [0.29, 0.717) is 44.0 Å². The largest absolute Gasteiger partial charge is 0.465 e. The fraction of sp³-hybridized carbons (Fsp3) is 0.960. The fourth-order valence-electron chi connectivity index (χ4n) is 7.72. The van der Waals surface area contributed by atoms with Crippen LogP contribution in [0.5, 0.6) is 0 Å². The van der Waals surface area contributed by atoms with E-state index in [9.17, 15) is 9.90 Å². The Bertz CT molecular complexity index is 599. The minimum Gasteiger partial charge on any atom is -0.465 e. The summed E-state index contributed by atoms with van der Waals surface area (Å²) < 4.78 is 17.9. The van der Waals surface area contributed by atoms with Gasteiger partial charge in [0, 0.05) is 11.8 Å². The number of carbonyl (C=O) groups is 1. The summed E-state index contributed by atoms with van der Waals surface area (Å²) in [6, 6.07) is 0. The van der Waals surface area contributed by atoms with E-state index in [1.54, 1.807) is 0 Å². The van der Waals surface area contributed by atoms with Crippen molar-refractivity contribution in [3.63, 3.8) is 0 Å². The standard InChI is InChI=1S/C25H40O5/c1-16-5-19-9-22(12-25(27,10-16)11-19)23(26)28-13-20-14-29-24(30-15-20)21-7-17-3-2-4-18(6-17)8-21/h16-22,24,27H,2-15H2,1H3. The predicted octanol–water partition coefficient (Wildman–Crippen LogP) is 4.31. The summed E-state index contributed by atoms with van der Waals surface area (Å²) in [5.41, 5.74) is -0.660. The SMILES string of the molecule is CC1CC2CC(C(=O)OCC3COC(C4CC5CCCC(C5)C4)OC3)CC(O)(C1)C2. The summed E-state index contributed by atoms with van der Waals surface area (Å²) in [4.78, 5) is 12.7. The molecular weight excluding hydrogens is 380 g/mol. The Balaban J connectivity index is 1.05. The van der Waals surface area contributed by atoms with E-state index in [1.807, 2.05) is 0 Å². The Labute approximate surface area is 181 Å². The molecule has 5 rings (SSSR count). The molecule has 170 valence electrons. The van der Waals surface area contributed by atoms with E-state index < -0.39 is 5.60 Å². The van der Waals surface area contributed by atoms with Gasteiger partial charge in [-0.3, -0.25) is 4.79 Å². The zero-order chi connectivity index (χ0) is 20.7. The molecule has 4 bridgehead atoms. The van der Waals surface area contributed by atoms with E-state index in [2.05, 4.69) is 6.92 Å². The molecule has 5 heteroatoms. The normalized spacial score (nSPS) is 48.7. The minimum atomic E-state index is -0.660. The number of rotatable bonds is 4. The zero-order valence-electron chi connectivity index (χ0n) is 18.6. The molecule has 30 heavy (non-hydrogen) atoms. The van der Waals surface area contributed by atoms with Crippen LogP contribution in [0, 0.1) is 41.4 Å². The van der Waals surface area contributed by atoms with E-state index in [0.717, 1.165) is 37.5 Å². The molecule has 0 aromatic carbocycles. The van der Waals surface area contributed by atoms with Gasteiger partial charge in [0.2, 0.25) is 0 Å². The molecule has 0 aromatic heterocycles. The Morgan fingerprint density at radius 1 is 0.967 bits per heavy atom. The molecule has 5 nitrogen and oxygen atoms in total. The highest BCUT2D eigenvalue weighted by atomic mass is 16.7. The third-order valence-corrected chi connectivity index (χ3v) is 8.71. The van der Waals surface area contributed by atoms with Crippen molar-refractivity contribution in [1.29, 1.82) is 0 Å². The summed E-state index contributed by atoms with van der Waals surface area (Å²) in [6.07, 6.45) is 12.3. The van der Waals surface area contributed by atoms with Gasteiger partial charge in [-0.25, -0.2) is 0 Å². The molecule has 1 aliphatic heterocycles. The molecule has 4 saturated carbocycles. The topological polar surface area (TPSA) is 65.0 Å². The van der Waals surface area contributed by atoms with Gasteiger partial charge < -0.3 is 19.3 Å². The number of aliphatic hydroxyl groups is 1. The highest BCUT2D eigenvalue weighted by Crippen LogP contribution is 2.48. The van der Waals surface area contributed by atoms with Crippen molar-refractivity contribution in [2.24, 2.45) is 41.4 Å². The number of esters is 1. The average molecular weight is 421 g/mol. The van der Waals surface area contributed by atoms with Crippen LogP contribution in [0.25, 0.3) is 0 Å². The maximum absolute atomic E-state index is 12.7. The van der Waals surface area contributed by atoms with Crippen LogP contribution in [0.1, 0.15) is 77.6 Å². The van der Waals surface area contributed by atoms with Crippen LogP contribution in [0.4, 0.5) is 0 Å². The number of fused-ring (bicyclic) bond motifs is 4. The van der Waals surface area contributed by atoms with Crippen LogP contribution in [0.3, 0.4) is 0 Å². The van der Waals surface area contributed by atoms with Crippen LogP contribution in [0.15, 0.2) is 0 Å². The lowest BCUT2D eigenvalue weighted by atomic mass is 9.62. The summed E-state index contributed by atoms with van der Waals surface area (Å²) in [5, 5.41) is 10.9. The third-order valence-electron chi connectivity index (χ3n) is 8.71. The van der Waals surface area contributed by atoms with Gasteiger partial charge >= 0.3 is 5.97 Å². The van der Waals surface area contributed by atoms with Crippen LogP contribution in [-0.2, 0) is 19.0 Å². The molecule has 6 atom stereocenters. The summed E-state index contributed by atoms with van der Waals surface area (Å²) >= 11 is 0. The van der Waals surface area contributed by atoms with Gasteiger partial charge in [-0.05, 0) is 75.0 Å². The van der Waals surface area contributed by atoms with E-state index in [4.69, 9.17) is 14.2 Å². The van der Waals surface area contributed by atoms with Crippen LogP contribution in [-0.4, -0.2) is 42.8 Å². The smallest absolute Gasteiger partial charge is 0.309 e. The molecule has 6 unspecified atom stereocenters. The van der Waals surface area contributed by atoms with Crippen molar-refractivity contribution >= 4 is 5.97 Å². The van der Waals surface area contributed by atoms with Crippen molar-refractivity contribution in [3.8, 4) is 0 Å². The third kappa shape index (κ3) is 4.73. The van der Waals surface area contributed by atoms with Gasteiger partial charge in [0.1, 0.15) is 0 Å². The number of hydrogen-bond acceptors (Lipinski definition) is 5. The lowest BCUT2D eigenvalue weighted by Crippen LogP contribution is -2.47. The van der Waals surface area contributed by atoms with Crippen LogP contribution >= 0.6 is 0 Å². The van der Waals surface area contributed by atoms with E-state index in [1.165, 1.54) is 38.5 Å². The van der Waals surface area contributed by atoms with Crippen LogP contribution < -0.4 is 0 Å². The number of hydrogen-bond donors (Lipinski definition) is 1. The highest BCUT2D eigenvalue weighted by molar-refractivity contribution is 5.72. The summed E-state index contributed by atoms with van der Waals surface area (Å²) in [7, 11) is 0. The second kappa shape index (κ2) is 8.71. The van der Waals surface area contributed by atoms with Crippen molar-refractivity contribution in [2.45, 2.75) is 89.4 Å². The molecular formula is C25H40O5. The van der Waals surface area contributed by atoms with E-state index >= 15 is 0 Å². The lowest BCUT2D eigenvalue weighted by Gasteiger charge is -2.46. The van der Waals surface area contributed by atoms with Gasteiger partial charge in [-0.2, -0.15) is 0 Å². The van der Waals surface area contributed by atoms with Gasteiger partial charge in [-0.1, -0.05) is 26.2 Å². The molecule has 4 aliphatic carbocycles. The Morgan fingerprint density at radius 3 is 2.40 bits per heavy atom. The maximum Gasteiger partial charge on any atom is 0.309 e. The van der Waals surface area contributed by atoms with Crippen molar-refractivity contribution < 1.29 is 24.1 Å². The van der Waals surface area contributed by atoms with Crippen molar-refractivity contribution in [2.75, 3.05) is 19.8 Å². The first-order chi connectivity index (χ1) is 14.5. The van der Waals surface area contributed by atoms with Gasteiger partial charge in [-0.15, -0.1) is 0 Å². The van der Waals surface area contributed by atoms with Crippen molar-refractivity contribution in [1.82, 2.24) is 0 Å². The molecule has 5 fully saturated rings. The highest BCUT2D eigenvalue weighted by Gasteiger charge is 2.46. The molecule has 1 saturated heterocycles. The molecule has 0 amide bonds. The molecule has 0 aromatic rings. The minimum absolute atomic E-state index is 0.0608. The molecule has 1 N–H and O–H groups in total. The Morgan fingerprint density at radius 2 is 1.70 bits per heavy atom. The summed E-state index contributed by atoms with van der Waals surface area (Å²) in [6.45, 7) is 3.83. The molecule has 0 radical (unpaired) electrons. The van der Waals surface area contributed by atoms with Gasteiger partial charge in [0.15, 0.2) is 6.29 Å². The molecule has 1 heterocycles. The lowest BCUT2D eigenvalue weighted by molar-refractivity contribution is -0.238. The first-order valence-electron chi connectivity index (χ1n) is 12.6. The quantitative estimate of drug-likeness (QED) is 0.687. The van der Waals surface area contributed by atoms with Crippen molar-refractivity contribution in [3.05, 3.63) is 0 Å². The monoisotopic (exact) mass is 420 g/mol. The van der Waals surface area contributed by atoms with E-state index in [-0.39, 0.29) is 24.1 Å². The first-order valence-corrected chi connectivity index (χ1v) is 12.6. The van der Waals surface area contributed by atoms with Crippen LogP contribution in [0.2, 0.25) is 0 Å². The Hall–Kier alpha value is -0.650. The summed E-state index contributed by atoms with van der Waals surface area (Å²) in [5.74, 6) is 3.15. The number of carbonyl (C=O) groups excluding carboxylic acids is 1. The predicted molar refractivity (Wildman–Crippen MR) is 112 cm³/mol. The molecule has 0 spiro atoms. The first kappa shape index (κ1) is 21.2. The molecule has 5 aliphatic rings. The zero-order valence-corrected chi connectivity index (χ0v) is 18.6.